The smallest absolute Gasteiger partial charge is 0.397 e. The molecule has 0 fully saturated rings. The topological polar surface area (TPSA) is 83.1 Å². The predicted molar refractivity (Wildman–Crippen MR) is 589 cm³/mol. The molecule has 3 aromatic carbocycles. The Kier molecular flexibility index (Phi) is 78.7. The standard InChI is InChI=1S/C121H223O9P3/c1-20-26-32-38-44-50-56-62-68-74-80-86-92-122-131(123-93-87-81-75-69-63-57-51-45-39-33-27-21-2)128-116-99-106(8)109(102-113(116)119(11,12)13)105(7)98-112(110-103-114(120(14,15)16)117(100-107(110)9)129-132(124-94-88-82-76-70-64-58-52-46-40-34-28-22-3)125-95-89-83-77-71-65-59-53-47-41-35-29-23-4)111-104-115(121(17,18)19)118(101-108(111)10)130-133(126-96-90-84-78-72-66-60-54-48-42-36-30-24-5)127-97-91-85-79-73-67-61-55-49-43-37-31-25-6/h99-105,112H,20-98H2,1-19H3. The number of aryl methyl sites for hydroxylation is 3. The molecule has 3 rings (SSSR count). The largest absolute Gasteiger partial charge is 0.426 e. The van der Waals surface area contributed by atoms with Crippen LogP contribution in [0, 0.1) is 20.8 Å². The first kappa shape index (κ1) is 125. The van der Waals surface area contributed by atoms with Gasteiger partial charge in [0.25, 0.3) is 0 Å². The highest BCUT2D eigenvalue weighted by atomic mass is 31.2. The van der Waals surface area contributed by atoms with Gasteiger partial charge in [0.2, 0.25) is 0 Å². The molecular weight excluding hydrogens is 1690 g/mol. The summed E-state index contributed by atoms with van der Waals surface area (Å²) in [6.07, 6.45) is 95.2. The maximum absolute atomic E-state index is 7.33. The fourth-order valence-electron chi connectivity index (χ4n) is 19.3. The van der Waals surface area contributed by atoms with Crippen LogP contribution in [0.4, 0.5) is 0 Å². The van der Waals surface area contributed by atoms with E-state index in [0.29, 0.717) is 39.6 Å². The minimum absolute atomic E-state index is 0.0137. The van der Waals surface area contributed by atoms with E-state index in [2.05, 4.69) is 168 Å². The van der Waals surface area contributed by atoms with E-state index in [9.17, 15) is 0 Å². The summed E-state index contributed by atoms with van der Waals surface area (Å²) in [6.45, 7) is 48.5. The lowest BCUT2D eigenvalue weighted by atomic mass is 9.74. The third-order valence-corrected chi connectivity index (χ3v) is 31.5. The first-order valence-corrected chi connectivity index (χ1v) is 61.5. The van der Waals surface area contributed by atoms with Crippen molar-refractivity contribution in [3.05, 3.63) is 86.5 Å². The average molecular weight is 1920 g/mol. The summed E-state index contributed by atoms with van der Waals surface area (Å²) in [4.78, 5) is 0. The fraction of sp³-hybridized carbons (Fsp3) is 0.851. The fourth-order valence-corrected chi connectivity index (χ4v) is 22.4. The first-order chi connectivity index (χ1) is 64.5. The summed E-state index contributed by atoms with van der Waals surface area (Å²) in [5.74, 6) is 2.77. The quantitative estimate of drug-likeness (QED) is 0.0405. The van der Waals surface area contributed by atoms with Crippen LogP contribution in [0.5, 0.6) is 17.2 Å². The van der Waals surface area contributed by atoms with Crippen molar-refractivity contribution in [2.45, 2.75) is 628 Å². The third kappa shape index (κ3) is 64.4. The number of benzene rings is 3. The average Bonchev–Trinajstić information content (AvgIpc) is 0.757. The van der Waals surface area contributed by atoms with E-state index in [-0.39, 0.29) is 28.1 Å². The molecule has 3 aromatic rings. The molecular formula is C121H223O9P3. The zero-order chi connectivity index (χ0) is 96.8. The molecule has 12 heteroatoms. The summed E-state index contributed by atoms with van der Waals surface area (Å²) >= 11 is 0. The molecule has 0 N–H and O–H groups in total. The van der Waals surface area contributed by atoms with Gasteiger partial charge >= 0.3 is 25.8 Å². The maximum atomic E-state index is 7.33. The molecule has 0 saturated carbocycles. The van der Waals surface area contributed by atoms with Gasteiger partial charge in [-0.1, -0.05) is 553 Å². The zero-order valence-corrected chi connectivity index (χ0v) is 94.7. The van der Waals surface area contributed by atoms with Crippen molar-refractivity contribution in [2.24, 2.45) is 0 Å². The Balaban J connectivity index is 2.21. The van der Waals surface area contributed by atoms with Crippen molar-refractivity contribution in [1.82, 2.24) is 0 Å². The molecule has 0 aliphatic heterocycles. The van der Waals surface area contributed by atoms with Gasteiger partial charge in [0.1, 0.15) is 17.2 Å². The summed E-state index contributed by atoms with van der Waals surface area (Å²) in [7, 11) is -4.97. The van der Waals surface area contributed by atoms with Gasteiger partial charge in [-0.2, -0.15) is 0 Å². The molecule has 0 aromatic heterocycles. The normalized spacial score (nSPS) is 12.6. The lowest BCUT2D eigenvalue weighted by Gasteiger charge is -2.33. The van der Waals surface area contributed by atoms with Crippen molar-refractivity contribution >= 4 is 25.8 Å². The van der Waals surface area contributed by atoms with Gasteiger partial charge in [0.15, 0.2) is 0 Å². The van der Waals surface area contributed by atoms with Crippen LogP contribution in [-0.2, 0) is 43.4 Å². The predicted octanol–water partition coefficient (Wildman–Crippen LogP) is 44.0. The zero-order valence-electron chi connectivity index (χ0n) is 92.0. The molecule has 0 aliphatic rings. The van der Waals surface area contributed by atoms with E-state index in [4.69, 9.17) is 40.7 Å². The second-order valence-corrected chi connectivity index (χ2v) is 47.8. The van der Waals surface area contributed by atoms with Crippen LogP contribution in [-0.4, -0.2) is 39.6 Å². The Labute approximate surface area is 832 Å². The van der Waals surface area contributed by atoms with Crippen molar-refractivity contribution in [1.29, 1.82) is 0 Å². The minimum Gasteiger partial charge on any atom is -0.426 e. The van der Waals surface area contributed by atoms with Crippen LogP contribution in [0.25, 0.3) is 0 Å². The molecule has 1 atom stereocenters. The van der Waals surface area contributed by atoms with Crippen LogP contribution in [0.1, 0.15) is 641 Å². The van der Waals surface area contributed by atoms with Gasteiger partial charge in [-0.25, -0.2) is 0 Å². The van der Waals surface area contributed by atoms with Gasteiger partial charge in [0, 0.05) is 22.6 Å². The molecule has 0 heterocycles. The van der Waals surface area contributed by atoms with Gasteiger partial charge in [-0.05, 0) is 139 Å². The van der Waals surface area contributed by atoms with Crippen LogP contribution < -0.4 is 13.6 Å². The van der Waals surface area contributed by atoms with Crippen LogP contribution in [0.15, 0.2) is 36.4 Å². The minimum atomic E-state index is -1.67. The molecule has 133 heavy (non-hydrogen) atoms. The molecule has 0 bridgehead atoms. The van der Waals surface area contributed by atoms with E-state index < -0.39 is 25.8 Å². The Morgan fingerprint density at radius 2 is 0.346 bits per heavy atom. The SMILES string of the molecule is CCCCCCCCCCCCCCOP(OCCCCCCCCCCCCCC)Oc1cc(C)c(C(C)CC(c2cc(C(C)(C)C)c(OP(OCCCCCCCCCCCCCC)OCCCCCCCCCCCCCC)cc2C)c2cc(C(C)(C)C)c(OP(OCCCCCCCCCCCCCC)OCCCCCCCCCCCCCC)cc2C)cc1C(C)(C)C. The van der Waals surface area contributed by atoms with Crippen molar-refractivity contribution < 1.29 is 40.7 Å². The molecule has 0 radical (unpaired) electrons. The lowest BCUT2D eigenvalue weighted by Crippen LogP contribution is -2.19. The maximum Gasteiger partial charge on any atom is 0.397 e. The molecule has 0 aliphatic carbocycles. The van der Waals surface area contributed by atoms with Gasteiger partial charge < -0.3 is 40.7 Å². The molecule has 776 valence electrons. The summed E-state index contributed by atoms with van der Waals surface area (Å²) in [6, 6.07) is 14.7. The lowest BCUT2D eigenvalue weighted by molar-refractivity contribution is 0.197. The molecule has 0 amide bonds. The third-order valence-electron chi connectivity index (χ3n) is 28.1. The Morgan fingerprint density at radius 3 is 0.504 bits per heavy atom. The molecule has 0 saturated heterocycles. The Morgan fingerprint density at radius 1 is 0.203 bits per heavy atom. The molecule has 9 nitrogen and oxygen atoms in total. The number of hydrogen-bond donors (Lipinski definition) is 0. The Hall–Kier alpha value is -1.89. The van der Waals surface area contributed by atoms with Crippen LogP contribution in [0.2, 0.25) is 0 Å². The van der Waals surface area contributed by atoms with E-state index in [1.807, 2.05) is 0 Å². The van der Waals surface area contributed by atoms with E-state index in [0.717, 1.165) is 62.2 Å². The summed E-state index contributed by atoms with van der Waals surface area (Å²) < 4.78 is 63.0. The van der Waals surface area contributed by atoms with Gasteiger partial charge in [0.05, 0.1) is 39.6 Å². The number of hydrogen-bond acceptors (Lipinski definition) is 9. The second-order valence-electron chi connectivity index (χ2n) is 44.3. The molecule has 0 spiro atoms. The number of rotatable bonds is 95. The van der Waals surface area contributed by atoms with Crippen molar-refractivity contribution in [3.8, 4) is 17.2 Å². The van der Waals surface area contributed by atoms with Crippen LogP contribution >= 0.6 is 25.8 Å². The monoisotopic (exact) mass is 1910 g/mol. The van der Waals surface area contributed by atoms with E-state index >= 15 is 0 Å². The summed E-state index contributed by atoms with van der Waals surface area (Å²) in [5.41, 5.74) is 10.4. The van der Waals surface area contributed by atoms with Crippen molar-refractivity contribution in [3.63, 3.8) is 0 Å². The second kappa shape index (κ2) is 83.6. The van der Waals surface area contributed by atoms with E-state index in [1.165, 1.54) is 474 Å². The highest BCUT2D eigenvalue weighted by Crippen LogP contribution is 2.53. The molecule has 1 unspecified atom stereocenters. The Bertz CT molecular complexity index is 2890. The highest BCUT2D eigenvalue weighted by molar-refractivity contribution is 7.42. The van der Waals surface area contributed by atoms with Gasteiger partial charge in [-0.3, -0.25) is 0 Å². The van der Waals surface area contributed by atoms with Crippen molar-refractivity contribution in [2.75, 3.05) is 39.6 Å². The van der Waals surface area contributed by atoms with E-state index in [1.54, 1.807) is 0 Å². The highest BCUT2D eigenvalue weighted by Gasteiger charge is 2.34. The van der Waals surface area contributed by atoms with Gasteiger partial charge in [-0.15, -0.1) is 0 Å². The summed E-state index contributed by atoms with van der Waals surface area (Å²) in [5, 5.41) is 0. The van der Waals surface area contributed by atoms with Crippen LogP contribution in [0.3, 0.4) is 0 Å². The number of unbranched alkanes of at least 4 members (excludes halogenated alkanes) is 66. The first-order valence-electron chi connectivity index (χ1n) is 58.2.